The molecule has 5 rings (SSSR count). The molecule has 0 aliphatic carbocycles. The normalized spacial score (nSPS) is 23.8. The summed E-state index contributed by atoms with van der Waals surface area (Å²) < 4.78 is 34.2. The van der Waals surface area contributed by atoms with Gasteiger partial charge < -0.3 is 20.3 Å². The van der Waals surface area contributed by atoms with E-state index >= 15 is 0 Å². The molecular weight excluding hydrogens is 446 g/mol. The van der Waals surface area contributed by atoms with Gasteiger partial charge >= 0.3 is 0 Å². The lowest BCUT2D eigenvalue weighted by atomic mass is 9.99. The molecule has 3 N–H and O–H groups in total. The molecule has 3 aliphatic heterocycles. The fraction of sp³-hybridized carbons (Fsp3) is 0.600. The van der Waals surface area contributed by atoms with E-state index in [2.05, 4.69) is 31.4 Å². The number of fused-ring (bicyclic) bond motifs is 1. The van der Waals surface area contributed by atoms with Crippen LogP contribution in [0.1, 0.15) is 18.9 Å². The number of aromatic nitrogens is 4. The Morgan fingerprint density at radius 2 is 1.85 bits per heavy atom. The van der Waals surface area contributed by atoms with Crippen molar-refractivity contribution < 1.29 is 13.2 Å². The van der Waals surface area contributed by atoms with Crippen LogP contribution in [0, 0.1) is 0 Å². The van der Waals surface area contributed by atoms with E-state index in [1.54, 1.807) is 12.4 Å². The number of anilines is 3. The first-order valence-electron chi connectivity index (χ1n) is 11.1. The van der Waals surface area contributed by atoms with Crippen molar-refractivity contribution in [2.75, 3.05) is 68.5 Å². The van der Waals surface area contributed by atoms with Gasteiger partial charge in [0.2, 0.25) is 11.9 Å². The van der Waals surface area contributed by atoms with E-state index in [0.717, 1.165) is 35.6 Å². The summed E-state index contributed by atoms with van der Waals surface area (Å²) >= 11 is 0. The molecule has 0 amide bonds. The minimum absolute atomic E-state index is 0.212. The highest BCUT2D eigenvalue weighted by Crippen LogP contribution is 2.41. The van der Waals surface area contributed by atoms with Gasteiger partial charge in [-0.1, -0.05) is 0 Å². The lowest BCUT2D eigenvalue weighted by Crippen LogP contribution is -2.49. The number of ether oxygens (including phenoxy) is 1. The summed E-state index contributed by atoms with van der Waals surface area (Å²) in [6.45, 7) is 6.37. The predicted octanol–water partition coefficient (Wildman–Crippen LogP) is -0.356. The first-order chi connectivity index (χ1) is 15.8. The Bertz CT molecular complexity index is 1140. The zero-order chi connectivity index (χ0) is 23.2. The van der Waals surface area contributed by atoms with Crippen LogP contribution in [0.2, 0.25) is 0 Å². The van der Waals surface area contributed by atoms with Gasteiger partial charge in [-0.2, -0.15) is 17.7 Å². The van der Waals surface area contributed by atoms with Crippen molar-refractivity contribution in [2.45, 2.75) is 25.3 Å². The first kappa shape index (κ1) is 22.2. The lowest BCUT2D eigenvalue weighted by Gasteiger charge is -2.37. The minimum Gasteiger partial charge on any atom is -0.378 e. The monoisotopic (exact) mass is 475 g/mol. The zero-order valence-electron chi connectivity index (χ0n) is 18.9. The third-order valence-corrected chi connectivity index (χ3v) is 8.23. The second-order valence-corrected chi connectivity index (χ2v) is 10.7. The van der Waals surface area contributed by atoms with Crippen LogP contribution in [0.25, 0.3) is 11.3 Å². The molecule has 1 atom stereocenters. The highest BCUT2D eigenvalue weighted by atomic mass is 32.2. The van der Waals surface area contributed by atoms with Gasteiger partial charge in [-0.3, -0.25) is 0 Å². The topological polar surface area (TPSA) is 143 Å². The fourth-order valence-electron chi connectivity index (χ4n) is 4.83. The summed E-state index contributed by atoms with van der Waals surface area (Å²) in [5.74, 6) is 1.70. The molecule has 5 heterocycles. The van der Waals surface area contributed by atoms with Crippen molar-refractivity contribution in [1.29, 1.82) is 0 Å². The molecule has 0 bridgehead atoms. The van der Waals surface area contributed by atoms with Gasteiger partial charge in [0, 0.05) is 63.3 Å². The minimum atomic E-state index is -3.48. The van der Waals surface area contributed by atoms with Crippen LogP contribution in [-0.4, -0.2) is 91.2 Å². The molecule has 2 fully saturated rings. The van der Waals surface area contributed by atoms with E-state index < -0.39 is 10.2 Å². The smallest absolute Gasteiger partial charge is 0.279 e. The summed E-state index contributed by atoms with van der Waals surface area (Å²) in [6, 6.07) is 0. The van der Waals surface area contributed by atoms with E-state index in [-0.39, 0.29) is 11.5 Å². The van der Waals surface area contributed by atoms with Gasteiger partial charge in [-0.05, 0) is 19.8 Å². The molecule has 2 aromatic heterocycles. The third kappa shape index (κ3) is 3.98. The lowest BCUT2D eigenvalue weighted by molar-refractivity contribution is 0.122. The van der Waals surface area contributed by atoms with Crippen molar-refractivity contribution in [3.8, 4) is 11.3 Å². The van der Waals surface area contributed by atoms with Crippen LogP contribution in [0.3, 0.4) is 0 Å². The number of nitrogens with zero attached hydrogens (tertiary/aromatic N) is 7. The predicted molar refractivity (Wildman–Crippen MR) is 124 cm³/mol. The highest BCUT2D eigenvalue weighted by molar-refractivity contribution is 7.87. The maximum atomic E-state index is 12.4. The van der Waals surface area contributed by atoms with E-state index in [4.69, 9.17) is 20.4 Å². The molecule has 0 aromatic carbocycles. The molecule has 0 spiro atoms. The van der Waals surface area contributed by atoms with Crippen molar-refractivity contribution >= 4 is 27.9 Å². The Labute approximate surface area is 193 Å². The quantitative estimate of drug-likeness (QED) is 0.589. The number of rotatable bonds is 5. The highest BCUT2D eigenvalue weighted by Gasteiger charge is 2.46. The first-order valence-corrected chi connectivity index (χ1v) is 12.5. The van der Waals surface area contributed by atoms with E-state index in [1.165, 1.54) is 11.4 Å². The molecule has 33 heavy (non-hydrogen) atoms. The number of nitrogens with two attached hydrogens (primary N) is 1. The number of hydrogen-bond acceptors (Lipinski definition) is 10. The fourth-order valence-corrected chi connectivity index (χ4v) is 5.87. The Hall–Kier alpha value is -2.61. The second kappa shape index (κ2) is 8.31. The number of nitrogen functional groups attached to an aromatic ring is 1. The SMILES string of the molecule is CNS(=O)(=O)N1CC[C@@](C)(N2CCc3c(-c4cnc(N)nc4)nc(N4CCOCC4)nc32)C1. The summed E-state index contributed by atoms with van der Waals surface area (Å²) in [5.41, 5.74) is 7.94. The molecule has 2 saturated heterocycles. The third-order valence-electron chi connectivity index (χ3n) is 6.72. The number of nitrogens with one attached hydrogen (secondary N) is 1. The number of hydrogen-bond donors (Lipinski definition) is 2. The van der Waals surface area contributed by atoms with Gasteiger partial charge in [0.1, 0.15) is 5.82 Å². The Balaban J connectivity index is 1.56. The van der Waals surface area contributed by atoms with Crippen molar-refractivity contribution in [2.24, 2.45) is 0 Å². The number of morpholine rings is 1. The van der Waals surface area contributed by atoms with Crippen LogP contribution in [0.4, 0.5) is 17.7 Å². The van der Waals surface area contributed by atoms with Crippen LogP contribution in [0.5, 0.6) is 0 Å². The summed E-state index contributed by atoms with van der Waals surface area (Å²) in [6.07, 6.45) is 4.85. The molecule has 0 unspecified atom stereocenters. The van der Waals surface area contributed by atoms with Gasteiger partial charge in [-0.25, -0.2) is 19.7 Å². The van der Waals surface area contributed by atoms with Crippen molar-refractivity contribution in [3.63, 3.8) is 0 Å². The van der Waals surface area contributed by atoms with Crippen LogP contribution in [0.15, 0.2) is 12.4 Å². The van der Waals surface area contributed by atoms with Crippen LogP contribution >= 0.6 is 0 Å². The van der Waals surface area contributed by atoms with Crippen LogP contribution < -0.4 is 20.3 Å². The average Bonchev–Trinajstić information content (AvgIpc) is 3.45. The van der Waals surface area contributed by atoms with Crippen LogP contribution in [-0.2, 0) is 21.4 Å². The summed E-state index contributed by atoms with van der Waals surface area (Å²) in [4.78, 5) is 22.6. The summed E-state index contributed by atoms with van der Waals surface area (Å²) in [5, 5.41) is 0. The maximum Gasteiger partial charge on any atom is 0.279 e. The standard InChI is InChI=1S/C20H29N9O3S/c1-20(4-6-28(13-20)33(30,31)22-2)29-5-3-15-16(14-11-23-18(21)24-12-14)25-19(26-17(15)29)27-7-9-32-10-8-27/h11-12,22H,3-10,13H2,1-2H3,(H2,21,23,24)/t20-/m1/s1. The largest absolute Gasteiger partial charge is 0.378 e. The Kier molecular flexibility index (Phi) is 5.59. The van der Waals surface area contributed by atoms with Crippen molar-refractivity contribution in [3.05, 3.63) is 18.0 Å². The van der Waals surface area contributed by atoms with Gasteiger partial charge in [0.25, 0.3) is 10.2 Å². The molecule has 0 radical (unpaired) electrons. The molecule has 2 aromatic rings. The van der Waals surface area contributed by atoms with Gasteiger partial charge in [0.05, 0.1) is 24.4 Å². The van der Waals surface area contributed by atoms with E-state index in [0.29, 0.717) is 51.8 Å². The molecule has 12 nitrogen and oxygen atoms in total. The molecular formula is C20H29N9O3S. The molecule has 3 aliphatic rings. The van der Waals surface area contributed by atoms with Gasteiger partial charge in [-0.15, -0.1) is 0 Å². The average molecular weight is 476 g/mol. The zero-order valence-corrected chi connectivity index (χ0v) is 19.7. The Morgan fingerprint density at radius 1 is 1.12 bits per heavy atom. The van der Waals surface area contributed by atoms with Crippen molar-refractivity contribution in [1.82, 2.24) is 29.0 Å². The second-order valence-electron chi connectivity index (χ2n) is 8.80. The van der Waals surface area contributed by atoms with E-state index in [9.17, 15) is 8.42 Å². The maximum absolute atomic E-state index is 12.4. The molecule has 13 heteroatoms. The summed E-state index contributed by atoms with van der Waals surface area (Å²) in [7, 11) is -2.04. The van der Waals surface area contributed by atoms with Gasteiger partial charge in [0.15, 0.2) is 0 Å². The molecule has 178 valence electrons. The van der Waals surface area contributed by atoms with E-state index in [1.807, 2.05) is 0 Å². The molecule has 0 saturated carbocycles. The Morgan fingerprint density at radius 3 is 2.55 bits per heavy atom.